The molecule has 2 saturated carbocycles. The predicted molar refractivity (Wildman–Crippen MR) is 239 cm³/mol. The van der Waals surface area contributed by atoms with Gasteiger partial charge in [-0.25, -0.2) is 19.6 Å². The van der Waals surface area contributed by atoms with Gasteiger partial charge in [0, 0.05) is 60.7 Å². The van der Waals surface area contributed by atoms with E-state index in [1.807, 2.05) is 38.1 Å². The van der Waals surface area contributed by atoms with Crippen LogP contribution in [0.4, 0.5) is 0 Å². The molecular formula is C51H71N3O12. The van der Waals surface area contributed by atoms with Gasteiger partial charge in [-0.05, 0) is 158 Å². The summed E-state index contributed by atoms with van der Waals surface area (Å²) < 4.78 is 39.0. The summed E-state index contributed by atoms with van der Waals surface area (Å²) in [5.74, 6) is 1.32. The van der Waals surface area contributed by atoms with Crippen molar-refractivity contribution < 1.29 is 57.6 Å². The van der Waals surface area contributed by atoms with E-state index in [4.69, 9.17) is 48.0 Å². The van der Waals surface area contributed by atoms with Gasteiger partial charge in [0.1, 0.15) is 11.5 Å². The van der Waals surface area contributed by atoms with Gasteiger partial charge >= 0.3 is 0 Å². The minimum atomic E-state index is -0.841. The highest BCUT2D eigenvalue weighted by molar-refractivity contribution is 5.94. The molecule has 2 aromatic rings. The van der Waals surface area contributed by atoms with E-state index < -0.39 is 47.9 Å². The molecule has 12 rings (SSSR count). The fourth-order valence-electron chi connectivity index (χ4n) is 13.1. The largest absolute Gasteiger partial charge is 0.465 e. The number of rotatable bonds is 14. The van der Waals surface area contributed by atoms with Gasteiger partial charge in [0.25, 0.3) is 11.8 Å². The summed E-state index contributed by atoms with van der Waals surface area (Å²) in [5.41, 5.74) is -0.145. The number of benzene rings is 2. The molecule has 362 valence electrons. The Balaban J connectivity index is 0.626. The Hall–Kier alpha value is -3.38. The maximum absolute atomic E-state index is 13.0. The second-order valence-corrected chi connectivity index (χ2v) is 21.4. The zero-order valence-corrected chi connectivity index (χ0v) is 39.8. The third-order valence-electron chi connectivity index (χ3n) is 16.9. The van der Waals surface area contributed by atoms with Crippen molar-refractivity contribution in [3.63, 3.8) is 0 Å². The first kappa shape index (κ1) is 46.4. The summed E-state index contributed by atoms with van der Waals surface area (Å²) in [6.45, 7) is 15.5. The van der Waals surface area contributed by atoms with E-state index in [0.29, 0.717) is 59.4 Å². The summed E-state index contributed by atoms with van der Waals surface area (Å²) >= 11 is 0. The summed E-state index contributed by atoms with van der Waals surface area (Å²) in [5, 5.41) is 6.09. The monoisotopic (exact) mass is 918 g/mol. The van der Waals surface area contributed by atoms with Crippen molar-refractivity contribution >= 4 is 11.8 Å². The molecular weight excluding hydrogens is 847 g/mol. The molecule has 0 aromatic heterocycles. The summed E-state index contributed by atoms with van der Waals surface area (Å²) in [7, 11) is 2.05. The van der Waals surface area contributed by atoms with Crippen LogP contribution in [0.5, 0.6) is 11.5 Å². The second kappa shape index (κ2) is 18.2. The average Bonchev–Trinajstić information content (AvgIpc) is 3.68. The van der Waals surface area contributed by atoms with E-state index >= 15 is 0 Å². The number of carbonyl (C=O) groups excluding carboxylic acids is 2. The van der Waals surface area contributed by atoms with Crippen LogP contribution >= 0.6 is 0 Å². The zero-order valence-electron chi connectivity index (χ0n) is 39.8. The van der Waals surface area contributed by atoms with Crippen molar-refractivity contribution in [1.82, 2.24) is 15.5 Å². The van der Waals surface area contributed by atoms with Gasteiger partial charge < -0.3 is 44.0 Å². The molecule has 0 radical (unpaired) electrons. The van der Waals surface area contributed by atoms with Crippen molar-refractivity contribution in [2.24, 2.45) is 47.3 Å². The first-order chi connectivity index (χ1) is 31.7. The third kappa shape index (κ3) is 8.35. The van der Waals surface area contributed by atoms with Crippen molar-refractivity contribution in [3.8, 4) is 11.5 Å². The molecule has 16 atom stereocenters. The lowest BCUT2D eigenvalue weighted by Crippen LogP contribution is -2.70. The molecule has 8 heterocycles. The van der Waals surface area contributed by atoms with Crippen LogP contribution in [0.15, 0.2) is 48.5 Å². The smallest absolute Gasteiger partial charge is 0.251 e. The predicted octanol–water partition coefficient (Wildman–Crippen LogP) is 7.73. The number of amides is 2. The van der Waals surface area contributed by atoms with Crippen LogP contribution in [-0.4, -0.2) is 97.9 Å². The van der Waals surface area contributed by atoms with Crippen LogP contribution in [0, 0.1) is 47.3 Å². The van der Waals surface area contributed by atoms with Crippen LogP contribution in [0.1, 0.15) is 126 Å². The molecule has 2 N–H and O–H groups in total. The van der Waals surface area contributed by atoms with Gasteiger partial charge in [-0.2, -0.15) is 0 Å². The van der Waals surface area contributed by atoms with E-state index in [1.165, 1.54) is 0 Å². The SMILES string of the molecule is C[C@@H]1CCC2[C@@H](C)[C@@H](Oc3ccc(C(=O)NCCCN(C)CCCNC(=O)c4ccc(O[C@H]5OC6OC7(C)CCC8[C@H](C)CCC([C@H]5C)[C@@]68OO7)cc4)cc3)OC3OC4(C)CCC1[C@]32OO4. The van der Waals surface area contributed by atoms with Crippen LogP contribution in [0.25, 0.3) is 0 Å². The van der Waals surface area contributed by atoms with Gasteiger partial charge in [-0.15, -0.1) is 0 Å². The molecule has 10 aliphatic rings. The van der Waals surface area contributed by atoms with Crippen LogP contribution in [-0.2, 0) is 38.5 Å². The van der Waals surface area contributed by atoms with Crippen molar-refractivity contribution in [2.75, 3.05) is 33.2 Å². The number of hydrogen-bond acceptors (Lipinski definition) is 13. The molecule has 15 nitrogen and oxygen atoms in total. The molecule has 2 aliphatic carbocycles. The molecule has 2 spiro atoms. The maximum Gasteiger partial charge on any atom is 0.251 e. The Morgan fingerprint density at radius 1 is 0.591 bits per heavy atom. The lowest BCUT2D eigenvalue weighted by atomic mass is 9.58. The molecule has 10 fully saturated rings. The third-order valence-corrected chi connectivity index (χ3v) is 16.9. The normalized spacial score (nSPS) is 42.1. The number of fused-ring (bicyclic) bond motifs is 4. The Kier molecular flexibility index (Phi) is 12.8. The van der Waals surface area contributed by atoms with Gasteiger partial charge in [0.15, 0.2) is 23.8 Å². The molecule has 2 amide bonds. The van der Waals surface area contributed by atoms with Gasteiger partial charge in [0.05, 0.1) is 0 Å². The number of ether oxygens (including phenoxy) is 6. The van der Waals surface area contributed by atoms with Crippen LogP contribution in [0.3, 0.4) is 0 Å². The topological polar surface area (TPSA) is 154 Å². The van der Waals surface area contributed by atoms with Gasteiger partial charge in [-0.1, -0.05) is 27.7 Å². The number of nitrogens with one attached hydrogen (secondary N) is 2. The van der Waals surface area contributed by atoms with Crippen molar-refractivity contribution in [3.05, 3.63) is 59.7 Å². The quantitative estimate of drug-likeness (QED) is 0.141. The standard InChI is InChI=1S/C51H71N3O12/c1-30-10-20-40-32(3)44(59-46-50(40)38(30)22-24-48(5,61-46)63-65-50)57-36-16-12-34(13-17-36)42(55)52-26-8-28-54(7)29-9-27-53-43(56)35-14-18-37(19-15-35)58-45-33(4)41-21-11-31(2)39-23-25-49(6)62-47(60-45)51(39,41)66-64-49/h12-19,30-33,38-41,44-47H,8-11,20-29H2,1-7H3,(H,52,55)(H,53,56)/t30-,31-,32-,33-,38?,39?,40?,41?,44+,45+,46?,47?,48?,49?,50-,51-/m1/s1. The number of nitrogens with zero attached hydrogens (tertiary/aromatic N) is 1. The minimum Gasteiger partial charge on any atom is -0.465 e. The summed E-state index contributed by atoms with van der Waals surface area (Å²) in [6, 6.07) is 14.5. The fraction of sp³-hybridized carbons (Fsp3) is 0.725. The van der Waals surface area contributed by atoms with E-state index in [1.54, 1.807) is 24.3 Å². The minimum absolute atomic E-state index is 0.0465. The molecule has 2 aromatic carbocycles. The van der Waals surface area contributed by atoms with Gasteiger partial charge in [-0.3, -0.25) is 9.59 Å². The molecule has 4 bridgehead atoms. The Morgan fingerprint density at radius 2 is 1.00 bits per heavy atom. The zero-order chi connectivity index (χ0) is 46.0. The lowest BCUT2D eigenvalue weighted by Gasteiger charge is -2.60. The first-order valence-corrected chi connectivity index (χ1v) is 24.9. The Labute approximate surface area is 389 Å². The van der Waals surface area contributed by atoms with E-state index in [-0.39, 0.29) is 35.5 Å². The first-order valence-electron chi connectivity index (χ1n) is 24.9. The van der Waals surface area contributed by atoms with Crippen LogP contribution in [0.2, 0.25) is 0 Å². The van der Waals surface area contributed by atoms with Crippen molar-refractivity contribution in [1.29, 1.82) is 0 Å². The van der Waals surface area contributed by atoms with Gasteiger partial charge in [0.2, 0.25) is 24.2 Å². The second-order valence-electron chi connectivity index (χ2n) is 21.4. The molecule has 8 unspecified atom stereocenters. The van der Waals surface area contributed by atoms with E-state index in [0.717, 1.165) is 77.3 Å². The molecule has 8 aliphatic heterocycles. The Morgan fingerprint density at radius 3 is 1.41 bits per heavy atom. The van der Waals surface area contributed by atoms with E-state index in [2.05, 4.69) is 50.3 Å². The van der Waals surface area contributed by atoms with Crippen LogP contribution < -0.4 is 20.1 Å². The van der Waals surface area contributed by atoms with E-state index in [9.17, 15) is 9.59 Å². The lowest BCUT2D eigenvalue weighted by molar-refractivity contribution is -0.575. The Bertz CT molecular complexity index is 1920. The average molecular weight is 918 g/mol. The molecule has 66 heavy (non-hydrogen) atoms. The maximum atomic E-state index is 13.0. The van der Waals surface area contributed by atoms with Crippen molar-refractivity contribution in [2.45, 2.75) is 154 Å². The summed E-state index contributed by atoms with van der Waals surface area (Å²) in [6.07, 6.45) is 7.10. The molecule has 8 saturated heterocycles. The highest BCUT2D eigenvalue weighted by Crippen LogP contribution is 2.62. The molecule has 15 heteroatoms. The highest BCUT2D eigenvalue weighted by Gasteiger charge is 2.71. The summed E-state index contributed by atoms with van der Waals surface area (Å²) in [4.78, 5) is 52.7. The highest BCUT2D eigenvalue weighted by atomic mass is 17.3. The fourth-order valence-corrected chi connectivity index (χ4v) is 13.1. The number of carbonyl (C=O) groups is 2. The number of hydrogen-bond donors (Lipinski definition) is 2.